The zero-order valence-corrected chi connectivity index (χ0v) is 22.4. The van der Waals surface area contributed by atoms with Crippen LogP contribution in [-0.2, 0) is 11.4 Å². The molecule has 0 N–H and O–H groups in total. The molecule has 0 atom stereocenters. The zero-order chi connectivity index (χ0) is 26.2. The Bertz CT molecular complexity index is 1280. The molecule has 0 aliphatic carbocycles. The SMILES string of the molecule is CCN(CC)c1ccc(/C=C2\SC(=O)N(CCOc3ccccc3Cl)C2=O)c(OCc2ccccc2)c1. The molecule has 0 aromatic heterocycles. The van der Waals surface area contributed by atoms with Crippen LogP contribution in [0.4, 0.5) is 10.5 Å². The molecule has 0 spiro atoms. The Labute approximate surface area is 226 Å². The predicted octanol–water partition coefficient (Wildman–Crippen LogP) is 6.88. The van der Waals surface area contributed by atoms with Crippen molar-refractivity contribution in [1.29, 1.82) is 0 Å². The lowest BCUT2D eigenvalue weighted by Crippen LogP contribution is -2.32. The van der Waals surface area contributed by atoms with Gasteiger partial charge in [-0.1, -0.05) is 54.1 Å². The van der Waals surface area contributed by atoms with Crippen LogP contribution >= 0.6 is 23.4 Å². The van der Waals surface area contributed by atoms with Gasteiger partial charge in [-0.2, -0.15) is 0 Å². The summed E-state index contributed by atoms with van der Waals surface area (Å²) in [7, 11) is 0. The monoisotopic (exact) mass is 536 g/mol. The van der Waals surface area contributed by atoms with Crippen molar-refractivity contribution < 1.29 is 19.1 Å². The Morgan fingerprint density at radius 2 is 1.65 bits per heavy atom. The first kappa shape index (κ1) is 26.6. The van der Waals surface area contributed by atoms with Crippen molar-refractivity contribution in [3.05, 3.63) is 93.9 Å². The molecule has 6 nitrogen and oxygen atoms in total. The van der Waals surface area contributed by atoms with Gasteiger partial charge in [0, 0.05) is 30.4 Å². The van der Waals surface area contributed by atoms with Gasteiger partial charge in [-0.15, -0.1) is 0 Å². The quantitative estimate of drug-likeness (QED) is 0.249. The maximum atomic E-state index is 13.1. The molecule has 4 rings (SSSR count). The van der Waals surface area contributed by atoms with Crippen molar-refractivity contribution in [1.82, 2.24) is 4.90 Å². The van der Waals surface area contributed by atoms with Crippen LogP contribution in [0.1, 0.15) is 25.0 Å². The minimum Gasteiger partial charge on any atom is -0.490 e. The number of ether oxygens (including phenoxy) is 2. The van der Waals surface area contributed by atoms with E-state index in [1.165, 1.54) is 4.90 Å². The first-order valence-corrected chi connectivity index (χ1v) is 13.4. The minimum atomic E-state index is -0.348. The molecule has 8 heteroatoms. The van der Waals surface area contributed by atoms with Crippen molar-refractivity contribution in [3.63, 3.8) is 0 Å². The molecule has 1 heterocycles. The van der Waals surface area contributed by atoms with Gasteiger partial charge in [-0.05, 0) is 61.5 Å². The number of carbonyl (C=O) groups excluding carboxylic acids is 2. The number of carbonyl (C=O) groups is 2. The van der Waals surface area contributed by atoms with Gasteiger partial charge in [0.05, 0.1) is 16.5 Å². The molecule has 0 unspecified atom stereocenters. The Kier molecular flexibility index (Phi) is 9.14. The van der Waals surface area contributed by atoms with E-state index in [-0.39, 0.29) is 24.3 Å². The number of halogens is 1. The van der Waals surface area contributed by atoms with Crippen molar-refractivity contribution >= 4 is 46.3 Å². The van der Waals surface area contributed by atoms with Crippen LogP contribution in [0.15, 0.2) is 77.7 Å². The first-order valence-electron chi connectivity index (χ1n) is 12.2. The summed E-state index contributed by atoms with van der Waals surface area (Å²) in [5.74, 6) is 0.821. The molecule has 3 aromatic carbocycles. The number of rotatable bonds is 11. The fourth-order valence-electron chi connectivity index (χ4n) is 3.93. The lowest BCUT2D eigenvalue weighted by molar-refractivity contribution is -0.123. The Morgan fingerprint density at radius 1 is 0.919 bits per heavy atom. The van der Waals surface area contributed by atoms with E-state index in [1.54, 1.807) is 18.2 Å². The van der Waals surface area contributed by atoms with E-state index in [9.17, 15) is 9.59 Å². The average Bonchev–Trinajstić information content (AvgIpc) is 3.18. The normalized spacial score (nSPS) is 14.4. The second kappa shape index (κ2) is 12.7. The van der Waals surface area contributed by atoms with Gasteiger partial charge >= 0.3 is 0 Å². The highest BCUT2D eigenvalue weighted by molar-refractivity contribution is 8.18. The van der Waals surface area contributed by atoms with Gasteiger partial charge in [0.15, 0.2) is 0 Å². The Morgan fingerprint density at radius 3 is 2.38 bits per heavy atom. The molecule has 1 aliphatic rings. The molecular formula is C29H29ClN2O4S. The maximum Gasteiger partial charge on any atom is 0.293 e. The van der Waals surface area contributed by atoms with Gasteiger partial charge < -0.3 is 14.4 Å². The van der Waals surface area contributed by atoms with Gasteiger partial charge in [0.2, 0.25) is 0 Å². The summed E-state index contributed by atoms with van der Waals surface area (Å²) in [5.41, 5.74) is 2.82. The van der Waals surface area contributed by atoms with Crippen LogP contribution in [0.2, 0.25) is 5.02 Å². The molecule has 1 aliphatic heterocycles. The molecule has 0 radical (unpaired) electrons. The predicted molar refractivity (Wildman–Crippen MR) is 150 cm³/mol. The summed E-state index contributed by atoms with van der Waals surface area (Å²) in [6, 6.07) is 22.9. The second-order valence-electron chi connectivity index (χ2n) is 8.28. The van der Waals surface area contributed by atoms with Gasteiger partial charge in [0.1, 0.15) is 24.7 Å². The third kappa shape index (κ3) is 6.67. The number of hydrogen-bond donors (Lipinski definition) is 0. The lowest BCUT2D eigenvalue weighted by atomic mass is 10.1. The van der Waals surface area contributed by atoms with E-state index in [2.05, 4.69) is 18.7 Å². The zero-order valence-electron chi connectivity index (χ0n) is 20.9. The largest absolute Gasteiger partial charge is 0.490 e. The van der Waals surface area contributed by atoms with Crippen LogP contribution in [0, 0.1) is 0 Å². The number of para-hydroxylation sites is 1. The molecule has 2 amide bonds. The number of imide groups is 1. The smallest absolute Gasteiger partial charge is 0.293 e. The summed E-state index contributed by atoms with van der Waals surface area (Å²) in [5, 5.41) is 0.151. The van der Waals surface area contributed by atoms with E-state index in [0.717, 1.165) is 41.7 Å². The van der Waals surface area contributed by atoms with Crippen molar-refractivity contribution in [2.24, 2.45) is 0 Å². The van der Waals surface area contributed by atoms with E-state index >= 15 is 0 Å². The summed E-state index contributed by atoms with van der Waals surface area (Å²) in [4.78, 5) is 29.5. The molecule has 1 saturated heterocycles. The highest BCUT2D eigenvalue weighted by atomic mass is 35.5. The van der Waals surface area contributed by atoms with E-state index < -0.39 is 0 Å². The fourth-order valence-corrected chi connectivity index (χ4v) is 4.98. The topological polar surface area (TPSA) is 59.1 Å². The molecular weight excluding hydrogens is 508 g/mol. The third-order valence-corrected chi connectivity index (χ3v) is 7.15. The van der Waals surface area contributed by atoms with Crippen LogP contribution < -0.4 is 14.4 Å². The van der Waals surface area contributed by atoms with E-state index in [4.69, 9.17) is 21.1 Å². The van der Waals surface area contributed by atoms with Crippen molar-refractivity contribution in [3.8, 4) is 11.5 Å². The van der Waals surface area contributed by atoms with Crippen LogP contribution in [0.25, 0.3) is 6.08 Å². The molecule has 1 fully saturated rings. The number of hydrogen-bond acceptors (Lipinski definition) is 6. The van der Waals surface area contributed by atoms with E-state index in [1.807, 2.05) is 60.7 Å². The van der Waals surface area contributed by atoms with E-state index in [0.29, 0.717) is 28.0 Å². The van der Waals surface area contributed by atoms with Gasteiger partial charge in [0.25, 0.3) is 11.1 Å². The number of benzene rings is 3. The van der Waals surface area contributed by atoms with Crippen LogP contribution in [0.5, 0.6) is 11.5 Å². The molecule has 0 saturated carbocycles. The molecule has 192 valence electrons. The summed E-state index contributed by atoms with van der Waals surface area (Å²) >= 11 is 7.04. The molecule has 0 bridgehead atoms. The van der Waals surface area contributed by atoms with Gasteiger partial charge in [-0.3, -0.25) is 14.5 Å². The first-order chi connectivity index (χ1) is 18.0. The number of nitrogens with zero attached hydrogens (tertiary/aromatic N) is 2. The fraction of sp³-hybridized carbons (Fsp3) is 0.241. The Balaban J connectivity index is 1.52. The molecule has 37 heavy (non-hydrogen) atoms. The minimum absolute atomic E-state index is 0.130. The summed E-state index contributed by atoms with van der Waals surface area (Å²) in [6.45, 7) is 6.61. The van der Waals surface area contributed by atoms with Crippen molar-refractivity contribution in [2.45, 2.75) is 20.5 Å². The third-order valence-electron chi connectivity index (χ3n) is 5.93. The summed E-state index contributed by atoms with van der Waals surface area (Å²) < 4.78 is 11.9. The number of thioether (sulfide) groups is 1. The molecule has 3 aromatic rings. The standard InChI is InChI=1S/C29H29ClN2O4S/c1-3-31(4-2)23-15-14-22(26(19-23)36-20-21-10-6-5-7-11-21)18-27-28(33)32(29(34)37-27)16-17-35-25-13-9-8-12-24(25)30/h5-15,18-19H,3-4,16-17,20H2,1-2H3/b27-18-. The number of anilines is 1. The van der Waals surface area contributed by atoms with Crippen LogP contribution in [-0.4, -0.2) is 42.3 Å². The Hall–Kier alpha value is -3.42. The second-order valence-corrected chi connectivity index (χ2v) is 9.68. The average molecular weight is 537 g/mol. The lowest BCUT2D eigenvalue weighted by Gasteiger charge is -2.22. The van der Waals surface area contributed by atoms with Crippen LogP contribution in [0.3, 0.4) is 0 Å². The highest BCUT2D eigenvalue weighted by Gasteiger charge is 2.35. The number of amides is 2. The summed E-state index contributed by atoms with van der Waals surface area (Å²) in [6.07, 6.45) is 1.73. The van der Waals surface area contributed by atoms with Gasteiger partial charge in [-0.25, -0.2) is 0 Å². The van der Waals surface area contributed by atoms with Crippen molar-refractivity contribution in [2.75, 3.05) is 31.1 Å². The highest BCUT2D eigenvalue weighted by Crippen LogP contribution is 2.35. The maximum absolute atomic E-state index is 13.1.